The molecule has 2 aromatic carbocycles. The number of aryl methyl sites for hydroxylation is 1. The molecule has 6 rings (SSSR count). The van der Waals surface area contributed by atoms with E-state index in [-0.39, 0.29) is 11.6 Å². The first-order chi connectivity index (χ1) is 17.7. The highest BCUT2D eigenvalue weighted by Gasteiger charge is 2.22. The highest BCUT2D eigenvalue weighted by molar-refractivity contribution is 6.06. The van der Waals surface area contributed by atoms with Crippen LogP contribution in [0.25, 0.3) is 22.9 Å². The number of halogens is 1. The Morgan fingerprint density at radius 2 is 1.72 bits per heavy atom. The van der Waals surface area contributed by atoms with Gasteiger partial charge < -0.3 is 14.5 Å². The second-order valence-corrected chi connectivity index (χ2v) is 8.77. The van der Waals surface area contributed by atoms with Gasteiger partial charge in [-0.3, -0.25) is 4.79 Å². The van der Waals surface area contributed by atoms with E-state index in [1.165, 1.54) is 23.4 Å². The van der Waals surface area contributed by atoms with Crippen molar-refractivity contribution in [2.45, 2.75) is 32.2 Å². The van der Waals surface area contributed by atoms with Gasteiger partial charge >= 0.3 is 0 Å². The first-order valence-corrected chi connectivity index (χ1v) is 12.0. The lowest BCUT2D eigenvalue weighted by molar-refractivity contribution is 0.102. The normalized spacial score (nSPS) is 13.2. The molecule has 8 nitrogen and oxygen atoms in total. The molecule has 1 aliphatic rings. The summed E-state index contributed by atoms with van der Waals surface area (Å²) in [5.74, 6) is 1.56. The van der Waals surface area contributed by atoms with Crippen molar-refractivity contribution < 1.29 is 9.18 Å². The average molecular weight is 482 g/mol. The lowest BCUT2D eigenvalue weighted by Gasteiger charge is -2.12. The lowest BCUT2D eigenvalue weighted by atomic mass is 10.2. The number of benzene rings is 2. The Morgan fingerprint density at radius 3 is 2.53 bits per heavy atom. The van der Waals surface area contributed by atoms with Crippen LogP contribution in [0.5, 0.6) is 0 Å². The van der Waals surface area contributed by atoms with Gasteiger partial charge in [-0.1, -0.05) is 18.6 Å². The van der Waals surface area contributed by atoms with E-state index in [4.69, 9.17) is 0 Å². The maximum atomic E-state index is 14.6. The SMILES string of the molecule is O=C(Nc1ccc(-c2nnc3n2CCCCC3)cc1)c1cnn(-c2ccccc2F)c1-n1cccc1. The summed E-state index contributed by atoms with van der Waals surface area (Å²) in [6.45, 7) is 0.921. The van der Waals surface area contributed by atoms with E-state index >= 15 is 0 Å². The molecular formula is C27H24FN7O. The Bertz CT molecular complexity index is 1520. The Kier molecular flexibility index (Phi) is 5.65. The van der Waals surface area contributed by atoms with Crippen LogP contribution < -0.4 is 5.32 Å². The van der Waals surface area contributed by atoms with Crippen LogP contribution in [-0.4, -0.2) is 35.0 Å². The Labute approximate surface area is 207 Å². The van der Waals surface area contributed by atoms with Crippen molar-refractivity contribution in [3.63, 3.8) is 0 Å². The molecule has 1 amide bonds. The summed E-state index contributed by atoms with van der Waals surface area (Å²) in [5.41, 5.74) is 2.17. The number of hydrogen-bond acceptors (Lipinski definition) is 4. The van der Waals surface area contributed by atoms with Crippen molar-refractivity contribution in [1.29, 1.82) is 0 Å². The highest BCUT2D eigenvalue weighted by Crippen LogP contribution is 2.26. The molecule has 180 valence electrons. The van der Waals surface area contributed by atoms with Crippen molar-refractivity contribution in [3.8, 4) is 22.9 Å². The fraction of sp³-hybridized carbons (Fsp3) is 0.185. The van der Waals surface area contributed by atoms with E-state index in [1.54, 1.807) is 35.2 Å². The monoisotopic (exact) mass is 481 g/mol. The van der Waals surface area contributed by atoms with Gasteiger partial charge in [0.1, 0.15) is 22.9 Å². The first kappa shape index (κ1) is 22.0. The predicted octanol–water partition coefficient (Wildman–Crippen LogP) is 5.04. The van der Waals surface area contributed by atoms with Gasteiger partial charge in [0.2, 0.25) is 0 Å². The molecule has 0 fully saturated rings. The first-order valence-electron chi connectivity index (χ1n) is 12.0. The van der Waals surface area contributed by atoms with E-state index in [9.17, 15) is 9.18 Å². The van der Waals surface area contributed by atoms with E-state index in [2.05, 4.69) is 25.2 Å². The fourth-order valence-electron chi connectivity index (χ4n) is 4.63. The van der Waals surface area contributed by atoms with Gasteiger partial charge in [0, 0.05) is 36.6 Å². The van der Waals surface area contributed by atoms with Gasteiger partial charge in [0.05, 0.1) is 6.20 Å². The van der Waals surface area contributed by atoms with Crippen LogP contribution in [0.4, 0.5) is 10.1 Å². The number of nitrogens with one attached hydrogen (secondary N) is 1. The minimum atomic E-state index is -0.428. The van der Waals surface area contributed by atoms with Crippen molar-refractivity contribution in [2.75, 3.05) is 5.32 Å². The third-order valence-corrected chi connectivity index (χ3v) is 6.43. The number of nitrogens with zero attached hydrogens (tertiary/aromatic N) is 6. The van der Waals surface area contributed by atoms with Gasteiger partial charge in [0.15, 0.2) is 11.6 Å². The average Bonchev–Trinajstić information content (AvgIpc) is 3.62. The number of hydrogen-bond donors (Lipinski definition) is 1. The fourth-order valence-corrected chi connectivity index (χ4v) is 4.63. The summed E-state index contributed by atoms with van der Waals surface area (Å²) in [7, 11) is 0. The molecule has 9 heteroatoms. The molecule has 0 radical (unpaired) electrons. The number of para-hydroxylation sites is 1. The maximum Gasteiger partial charge on any atom is 0.261 e. The van der Waals surface area contributed by atoms with E-state index in [0.29, 0.717) is 17.1 Å². The number of anilines is 1. The summed E-state index contributed by atoms with van der Waals surface area (Å²) in [6, 6.07) is 17.6. The van der Waals surface area contributed by atoms with Gasteiger partial charge in [0.25, 0.3) is 5.91 Å². The van der Waals surface area contributed by atoms with Crippen LogP contribution in [0, 0.1) is 5.82 Å². The number of carbonyl (C=O) groups excluding carboxylic acids is 1. The predicted molar refractivity (Wildman–Crippen MR) is 134 cm³/mol. The Hall–Kier alpha value is -4.53. The molecule has 0 saturated heterocycles. The topological polar surface area (TPSA) is 82.6 Å². The summed E-state index contributed by atoms with van der Waals surface area (Å²) >= 11 is 0. The van der Waals surface area contributed by atoms with Crippen LogP contribution in [0.3, 0.4) is 0 Å². The summed E-state index contributed by atoms with van der Waals surface area (Å²) < 4.78 is 19.9. The van der Waals surface area contributed by atoms with Crippen LogP contribution in [0.1, 0.15) is 35.4 Å². The minimum Gasteiger partial charge on any atom is -0.322 e. The van der Waals surface area contributed by atoms with Crippen LogP contribution >= 0.6 is 0 Å². The second kappa shape index (κ2) is 9.26. The van der Waals surface area contributed by atoms with Crippen molar-refractivity contribution in [2.24, 2.45) is 0 Å². The Morgan fingerprint density at radius 1 is 0.917 bits per heavy atom. The standard InChI is InChI=1S/C27H24FN7O/c28-22-8-3-4-9-23(22)35-27(33-15-6-7-16-33)21(18-29-35)26(36)30-20-13-11-19(12-14-20)25-32-31-24-10-2-1-5-17-34(24)25/h3-4,6-9,11-16,18H,1-2,5,10,17H2,(H,30,36). The molecular weight excluding hydrogens is 457 g/mol. The molecule has 4 heterocycles. The third kappa shape index (κ3) is 3.98. The minimum absolute atomic E-state index is 0.261. The van der Waals surface area contributed by atoms with Crippen LogP contribution in [0.15, 0.2) is 79.3 Å². The zero-order valence-corrected chi connectivity index (χ0v) is 19.5. The Balaban J connectivity index is 1.29. The molecule has 0 spiro atoms. The molecule has 0 saturated carbocycles. The van der Waals surface area contributed by atoms with Gasteiger partial charge in [-0.2, -0.15) is 5.10 Å². The summed E-state index contributed by atoms with van der Waals surface area (Å²) in [5, 5.41) is 16.1. The van der Waals surface area contributed by atoms with E-state index < -0.39 is 5.82 Å². The highest BCUT2D eigenvalue weighted by atomic mass is 19.1. The van der Waals surface area contributed by atoms with Crippen LogP contribution in [0.2, 0.25) is 0 Å². The molecule has 3 aromatic heterocycles. The molecule has 5 aromatic rings. The second-order valence-electron chi connectivity index (χ2n) is 8.77. The molecule has 0 aliphatic carbocycles. The van der Waals surface area contributed by atoms with Crippen LogP contribution in [-0.2, 0) is 13.0 Å². The summed E-state index contributed by atoms with van der Waals surface area (Å²) in [6.07, 6.45) is 9.45. The largest absolute Gasteiger partial charge is 0.322 e. The molecule has 1 N–H and O–H groups in total. The molecule has 36 heavy (non-hydrogen) atoms. The number of amides is 1. The number of rotatable bonds is 5. The lowest BCUT2D eigenvalue weighted by Crippen LogP contribution is -2.15. The zero-order chi connectivity index (χ0) is 24.5. The maximum absolute atomic E-state index is 14.6. The summed E-state index contributed by atoms with van der Waals surface area (Å²) in [4.78, 5) is 13.3. The van der Waals surface area contributed by atoms with E-state index in [1.807, 2.05) is 36.4 Å². The molecule has 0 bridgehead atoms. The van der Waals surface area contributed by atoms with Gasteiger partial charge in [-0.05, 0) is 61.4 Å². The van der Waals surface area contributed by atoms with Crippen molar-refractivity contribution >= 4 is 11.6 Å². The number of carbonyl (C=O) groups is 1. The zero-order valence-electron chi connectivity index (χ0n) is 19.5. The number of fused-ring (bicyclic) bond motifs is 1. The smallest absolute Gasteiger partial charge is 0.261 e. The number of aromatic nitrogens is 6. The van der Waals surface area contributed by atoms with Gasteiger partial charge in [-0.15, -0.1) is 10.2 Å². The van der Waals surface area contributed by atoms with Gasteiger partial charge in [-0.25, -0.2) is 9.07 Å². The molecule has 1 aliphatic heterocycles. The van der Waals surface area contributed by atoms with Crippen molar-refractivity contribution in [1.82, 2.24) is 29.1 Å². The van der Waals surface area contributed by atoms with Crippen molar-refractivity contribution in [3.05, 3.63) is 96.5 Å². The van der Waals surface area contributed by atoms with E-state index in [0.717, 1.165) is 43.0 Å². The molecule has 0 unspecified atom stereocenters. The molecule has 0 atom stereocenters. The third-order valence-electron chi connectivity index (χ3n) is 6.43. The quantitative estimate of drug-likeness (QED) is 0.381.